The number of ether oxygens (including phenoxy) is 1. The van der Waals surface area contributed by atoms with Gasteiger partial charge >= 0.3 is 5.97 Å². The average molecular weight is 408 g/mol. The zero-order valence-electron chi connectivity index (χ0n) is 14.9. The maximum atomic E-state index is 12.2. The van der Waals surface area contributed by atoms with Crippen LogP contribution in [0, 0.1) is 5.92 Å². The largest absolute Gasteiger partial charge is 0.454 e. The van der Waals surface area contributed by atoms with E-state index in [1.807, 2.05) is 13.8 Å². The first kappa shape index (κ1) is 20.9. The SMILES string of the molecule is CC(C)CC(=O)Nc1ccc(C(=O)COC(=O)c2c(Cl)cccc2Cl)cc1. The molecule has 1 N–H and O–H groups in total. The molecule has 0 radical (unpaired) electrons. The first-order valence-corrected chi connectivity index (χ1v) is 9.07. The number of benzene rings is 2. The third-order valence-electron chi connectivity index (χ3n) is 3.59. The van der Waals surface area contributed by atoms with Crippen molar-refractivity contribution in [3.63, 3.8) is 0 Å². The third-order valence-corrected chi connectivity index (χ3v) is 4.22. The number of esters is 1. The number of carbonyl (C=O) groups is 3. The second-order valence-corrected chi connectivity index (χ2v) is 7.13. The van der Waals surface area contributed by atoms with Gasteiger partial charge in [0.25, 0.3) is 0 Å². The van der Waals surface area contributed by atoms with Gasteiger partial charge in [0.15, 0.2) is 12.4 Å². The van der Waals surface area contributed by atoms with Crippen LogP contribution < -0.4 is 5.32 Å². The van der Waals surface area contributed by atoms with Crippen LogP contribution in [0.3, 0.4) is 0 Å². The Morgan fingerprint density at radius 2 is 1.59 bits per heavy atom. The fourth-order valence-corrected chi connectivity index (χ4v) is 2.85. The monoisotopic (exact) mass is 407 g/mol. The number of rotatable bonds is 7. The first-order chi connectivity index (χ1) is 12.8. The van der Waals surface area contributed by atoms with Gasteiger partial charge < -0.3 is 10.1 Å². The molecular formula is C20H19Cl2NO4. The van der Waals surface area contributed by atoms with Gasteiger partial charge in [-0.25, -0.2) is 4.79 Å². The zero-order valence-corrected chi connectivity index (χ0v) is 16.4. The van der Waals surface area contributed by atoms with E-state index in [1.54, 1.807) is 30.3 Å². The van der Waals surface area contributed by atoms with Gasteiger partial charge in [-0.3, -0.25) is 9.59 Å². The number of hydrogen-bond acceptors (Lipinski definition) is 4. The minimum atomic E-state index is -0.767. The lowest BCUT2D eigenvalue weighted by molar-refractivity contribution is -0.116. The number of ketones is 1. The number of carbonyl (C=O) groups excluding carboxylic acids is 3. The van der Waals surface area contributed by atoms with Crippen molar-refractivity contribution >= 4 is 46.5 Å². The Balaban J connectivity index is 1.94. The fourth-order valence-electron chi connectivity index (χ4n) is 2.30. The van der Waals surface area contributed by atoms with E-state index in [4.69, 9.17) is 27.9 Å². The summed E-state index contributed by atoms with van der Waals surface area (Å²) < 4.78 is 5.02. The van der Waals surface area contributed by atoms with E-state index >= 15 is 0 Å². The summed E-state index contributed by atoms with van der Waals surface area (Å²) in [6, 6.07) is 11.0. The van der Waals surface area contributed by atoms with Gasteiger partial charge in [-0.15, -0.1) is 0 Å². The van der Waals surface area contributed by atoms with E-state index in [0.717, 1.165) is 0 Å². The van der Waals surface area contributed by atoms with E-state index in [1.165, 1.54) is 12.1 Å². The summed E-state index contributed by atoms with van der Waals surface area (Å²) in [7, 11) is 0. The molecule has 2 aromatic carbocycles. The van der Waals surface area contributed by atoms with Gasteiger partial charge in [0.1, 0.15) is 0 Å². The van der Waals surface area contributed by atoms with Crippen molar-refractivity contribution < 1.29 is 19.1 Å². The molecule has 0 fully saturated rings. The predicted octanol–water partition coefficient (Wildman–Crippen LogP) is 5.02. The molecule has 0 unspecified atom stereocenters. The predicted molar refractivity (Wildman–Crippen MR) is 106 cm³/mol. The summed E-state index contributed by atoms with van der Waals surface area (Å²) in [5.41, 5.74) is 0.976. The lowest BCUT2D eigenvalue weighted by Gasteiger charge is -2.09. The fraction of sp³-hybridized carbons (Fsp3) is 0.250. The highest BCUT2D eigenvalue weighted by Crippen LogP contribution is 2.25. The van der Waals surface area contributed by atoms with Crippen LogP contribution in [-0.2, 0) is 9.53 Å². The number of amides is 1. The van der Waals surface area contributed by atoms with Gasteiger partial charge in [0, 0.05) is 17.7 Å². The topological polar surface area (TPSA) is 72.5 Å². The lowest BCUT2D eigenvalue weighted by atomic mass is 10.1. The molecule has 0 spiro atoms. The zero-order chi connectivity index (χ0) is 20.0. The third kappa shape index (κ3) is 6.08. The molecule has 2 rings (SSSR count). The molecule has 0 aliphatic carbocycles. The minimum absolute atomic E-state index is 0.0249. The summed E-state index contributed by atoms with van der Waals surface area (Å²) >= 11 is 11.9. The summed E-state index contributed by atoms with van der Waals surface area (Å²) in [6.45, 7) is 3.47. The highest BCUT2D eigenvalue weighted by Gasteiger charge is 2.18. The van der Waals surface area contributed by atoms with E-state index in [2.05, 4.69) is 5.32 Å². The highest BCUT2D eigenvalue weighted by atomic mass is 35.5. The van der Waals surface area contributed by atoms with Crippen LogP contribution in [0.2, 0.25) is 10.0 Å². The van der Waals surface area contributed by atoms with Crippen LogP contribution in [0.1, 0.15) is 41.0 Å². The van der Waals surface area contributed by atoms with Crippen LogP contribution in [-0.4, -0.2) is 24.3 Å². The molecule has 0 saturated carbocycles. The summed E-state index contributed by atoms with van der Waals surface area (Å²) in [6.07, 6.45) is 0.418. The van der Waals surface area contributed by atoms with Gasteiger partial charge in [-0.2, -0.15) is 0 Å². The molecule has 7 heteroatoms. The van der Waals surface area contributed by atoms with Crippen molar-refractivity contribution in [2.75, 3.05) is 11.9 Å². The number of anilines is 1. The highest BCUT2D eigenvalue weighted by molar-refractivity contribution is 6.39. The van der Waals surface area contributed by atoms with Crippen molar-refractivity contribution in [1.29, 1.82) is 0 Å². The van der Waals surface area contributed by atoms with E-state index in [0.29, 0.717) is 17.7 Å². The summed E-state index contributed by atoms with van der Waals surface area (Å²) in [5, 5.41) is 3.07. The minimum Gasteiger partial charge on any atom is -0.454 e. The second kappa shape index (κ2) is 9.53. The first-order valence-electron chi connectivity index (χ1n) is 8.32. The molecule has 0 aromatic heterocycles. The van der Waals surface area contributed by atoms with Crippen LogP contribution in [0.15, 0.2) is 42.5 Å². The molecule has 0 saturated heterocycles. The molecule has 0 aliphatic heterocycles. The Labute approximate surface area is 167 Å². The van der Waals surface area contributed by atoms with Crippen molar-refractivity contribution in [2.24, 2.45) is 5.92 Å². The van der Waals surface area contributed by atoms with E-state index < -0.39 is 12.6 Å². The standard InChI is InChI=1S/C20H19Cl2NO4/c1-12(2)10-18(25)23-14-8-6-13(7-9-14)17(24)11-27-20(26)19-15(21)4-3-5-16(19)22/h3-9,12H,10-11H2,1-2H3,(H,23,25). The smallest absolute Gasteiger partial charge is 0.341 e. The molecule has 1 amide bonds. The van der Waals surface area contributed by atoms with Gasteiger partial charge in [0.05, 0.1) is 15.6 Å². The Bertz CT molecular complexity index is 827. The van der Waals surface area contributed by atoms with Crippen molar-refractivity contribution in [1.82, 2.24) is 0 Å². The normalized spacial score (nSPS) is 10.6. The molecule has 0 atom stereocenters. The summed E-state index contributed by atoms with van der Waals surface area (Å²) in [4.78, 5) is 36.0. The van der Waals surface area contributed by atoms with Crippen LogP contribution in [0.5, 0.6) is 0 Å². The maximum absolute atomic E-state index is 12.2. The van der Waals surface area contributed by atoms with Crippen molar-refractivity contribution in [3.8, 4) is 0 Å². The van der Waals surface area contributed by atoms with Crippen LogP contribution in [0.25, 0.3) is 0 Å². The van der Waals surface area contributed by atoms with Gasteiger partial charge in [0.2, 0.25) is 5.91 Å². The molecule has 0 heterocycles. The number of halogens is 2. The van der Waals surface area contributed by atoms with Crippen LogP contribution >= 0.6 is 23.2 Å². The number of hydrogen-bond donors (Lipinski definition) is 1. The second-order valence-electron chi connectivity index (χ2n) is 6.32. The molecule has 0 aliphatic rings. The van der Waals surface area contributed by atoms with Crippen molar-refractivity contribution in [3.05, 3.63) is 63.6 Å². The Kier molecular flexibility index (Phi) is 7.39. The van der Waals surface area contributed by atoms with Crippen molar-refractivity contribution in [2.45, 2.75) is 20.3 Å². The molecular weight excluding hydrogens is 389 g/mol. The number of nitrogens with one attached hydrogen (secondary N) is 1. The summed E-state index contributed by atoms with van der Waals surface area (Å²) in [5.74, 6) is -0.982. The molecule has 142 valence electrons. The van der Waals surface area contributed by atoms with E-state index in [9.17, 15) is 14.4 Å². The lowest BCUT2D eigenvalue weighted by Crippen LogP contribution is -2.16. The number of Topliss-reactive ketones (excluding diaryl/α,β-unsaturated/α-hetero) is 1. The van der Waals surface area contributed by atoms with Gasteiger partial charge in [-0.05, 0) is 42.3 Å². The van der Waals surface area contributed by atoms with Crippen LogP contribution in [0.4, 0.5) is 5.69 Å². The molecule has 2 aromatic rings. The Morgan fingerprint density at radius 3 is 2.15 bits per heavy atom. The molecule has 27 heavy (non-hydrogen) atoms. The molecule has 5 nitrogen and oxygen atoms in total. The quantitative estimate of drug-likeness (QED) is 0.516. The molecule has 0 bridgehead atoms. The Hall–Kier alpha value is -2.37. The van der Waals surface area contributed by atoms with Gasteiger partial charge in [-0.1, -0.05) is 43.1 Å². The maximum Gasteiger partial charge on any atom is 0.341 e. The average Bonchev–Trinajstić information content (AvgIpc) is 2.59. The Morgan fingerprint density at radius 1 is 1.00 bits per heavy atom. The van der Waals surface area contributed by atoms with E-state index in [-0.39, 0.29) is 33.2 Å².